The van der Waals surface area contributed by atoms with Crippen molar-refractivity contribution in [3.05, 3.63) is 29.8 Å². The number of rotatable bonds is 8. The number of hydrogen-bond acceptors (Lipinski definition) is 3. The van der Waals surface area contributed by atoms with Gasteiger partial charge in [-0.05, 0) is 31.4 Å². The first-order valence-electron chi connectivity index (χ1n) is 7.13. The largest absolute Gasteiger partial charge is 0.491 e. The molecule has 0 aromatic heterocycles. The van der Waals surface area contributed by atoms with E-state index in [1.807, 2.05) is 31.2 Å². The zero-order valence-electron chi connectivity index (χ0n) is 12.5. The second kappa shape index (κ2) is 8.18. The topological polar surface area (TPSA) is 41.5 Å². The average Bonchev–Trinajstić information content (AvgIpc) is 2.38. The van der Waals surface area contributed by atoms with Crippen LogP contribution < -0.4 is 10.1 Å². The lowest BCUT2D eigenvalue weighted by atomic mass is 10.0. The Bertz CT molecular complexity index is 348. The van der Waals surface area contributed by atoms with Gasteiger partial charge in [0.2, 0.25) is 0 Å². The van der Waals surface area contributed by atoms with Gasteiger partial charge >= 0.3 is 0 Å². The molecule has 0 aliphatic rings. The molecule has 0 spiro atoms. The van der Waals surface area contributed by atoms with Crippen LogP contribution in [0.3, 0.4) is 0 Å². The molecule has 2 atom stereocenters. The zero-order chi connectivity index (χ0) is 14.3. The van der Waals surface area contributed by atoms with Gasteiger partial charge in [-0.15, -0.1) is 0 Å². The number of benzene rings is 1. The minimum atomic E-state index is -0.478. The minimum absolute atomic E-state index is 0.324. The molecule has 1 aromatic carbocycles. The van der Waals surface area contributed by atoms with Gasteiger partial charge < -0.3 is 15.2 Å². The maximum Gasteiger partial charge on any atom is 0.119 e. The molecule has 0 aliphatic carbocycles. The Balaban J connectivity index is 2.27. The van der Waals surface area contributed by atoms with Crippen molar-refractivity contribution in [2.24, 2.45) is 5.92 Å². The highest BCUT2D eigenvalue weighted by Gasteiger charge is 2.12. The van der Waals surface area contributed by atoms with Crippen molar-refractivity contribution in [1.82, 2.24) is 5.32 Å². The summed E-state index contributed by atoms with van der Waals surface area (Å²) in [6, 6.07) is 8.32. The average molecular weight is 265 g/mol. The van der Waals surface area contributed by atoms with Crippen LogP contribution in [-0.2, 0) is 0 Å². The molecule has 0 saturated carbocycles. The molecule has 1 aromatic rings. The monoisotopic (exact) mass is 265 g/mol. The van der Waals surface area contributed by atoms with Crippen molar-refractivity contribution in [3.63, 3.8) is 0 Å². The van der Waals surface area contributed by atoms with Crippen LogP contribution in [0.2, 0.25) is 0 Å². The lowest BCUT2D eigenvalue weighted by molar-refractivity contribution is 0.101. The molecule has 3 heteroatoms. The van der Waals surface area contributed by atoms with Gasteiger partial charge in [0.15, 0.2) is 0 Å². The van der Waals surface area contributed by atoms with Crippen molar-refractivity contribution < 1.29 is 9.84 Å². The Morgan fingerprint density at radius 1 is 1.21 bits per heavy atom. The molecular formula is C16H27NO2. The fourth-order valence-electron chi connectivity index (χ4n) is 2.02. The summed E-state index contributed by atoms with van der Waals surface area (Å²) in [5.74, 6) is 1.38. The second-order valence-corrected chi connectivity index (χ2v) is 5.44. The molecule has 0 heterocycles. The Kier molecular flexibility index (Phi) is 6.89. The van der Waals surface area contributed by atoms with Gasteiger partial charge in [0, 0.05) is 12.6 Å². The van der Waals surface area contributed by atoms with Gasteiger partial charge in [0.05, 0.1) is 0 Å². The predicted octanol–water partition coefficient (Wildman–Crippen LogP) is 2.76. The highest BCUT2D eigenvalue weighted by atomic mass is 16.5. The fourth-order valence-corrected chi connectivity index (χ4v) is 2.02. The molecule has 0 fully saturated rings. The summed E-state index contributed by atoms with van der Waals surface area (Å²) in [5.41, 5.74) is 1.21. The van der Waals surface area contributed by atoms with Crippen LogP contribution in [-0.4, -0.2) is 30.4 Å². The molecule has 2 N–H and O–H groups in total. The molecule has 3 nitrogen and oxygen atoms in total. The standard InChI is InChI=1S/C16H27NO2/c1-5-16(12(2)3)17-10-14(18)11-19-15-8-6-13(4)7-9-15/h6-9,12,14,16-18H,5,10-11H2,1-4H3. The van der Waals surface area contributed by atoms with Gasteiger partial charge in [-0.25, -0.2) is 0 Å². The number of ether oxygens (including phenoxy) is 1. The number of hydrogen-bond donors (Lipinski definition) is 2. The van der Waals surface area contributed by atoms with E-state index < -0.39 is 6.10 Å². The van der Waals surface area contributed by atoms with Crippen molar-refractivity contribution >= 4 is 0 Å². The molecular weight excluding hydrogens is 238 g/mol. The normalized spacial score (nSPS) is 14.4. The summed E-state index contributed by atoms with van der Waals surface area (Å²) < 4.78 is 5.56. The van der Waals surface area contributed by atoms with Crippen LogP contribution in [0.5, 0.6) is 5.75 Å². The lowest BCUT2D eigenvalue weighted by Gasteiger charge is -2.22. The Hall–Kier alpha value is -1.06. The molecule has 1 rings (SSSR count). The maximum absolute atomic E-state index is 9.90. The predicted molar refractivity (Wildman–Crippen MR) is 79.6 cm³/mol. The number of aliphatic hydroxyl groups excluding tert-OH is 1. The van der Waals surface area contributed by atoms with E-state index in [2.05, 4.69) is 26.1 Å². The molecule has 0 aliphatic heterocycles. The summed E-state index contributed by atoms with van der Waals surface area (Å²) in [6.45, 7) is 9.48. The highest BCUT2D eigenvalue weighted by Crippen LogP contribution is 2.11. The van der Waals surface area contributed by atoms with E-state index in [0.29, 0.717) is 25.1 Å². The Morgan fingerprint density at radius 2 is 1.84 bits per heavy atom. The van der Waals surface area contributed by atoms with Gasteiger partial charge in [-0.2, -0.15) is 0 Å². The number of aryl methyl sites for hydroxylation is 1. The van der Waals surface area contributed by atoms with E-state index >= 15 is 0 Å². The fraction of sp³-hybridized carbons (Fsp3) is 0.625. The van der Waals surface area contributed by atoms with Crippen molar-refractivity contribution in [1.29, 1.82) is 0 Å². The molecule has 2 unspecified atom stereocenters. The van der Waals surface area contributed by atoms with E-state index in [1.165, 1.54) is 5.56 Å². The van der Waals surface area contributed by atoms with Gasteiger partial charge in [0.1, 0.15) is 18.5 Å². The van der Waals surface area contributed by atoms with Crippen LogP contribution in [0.4, 0.5) is 0 Å². The van der Waals surface area contributed by atoms with E-state index in [4.69, 9.17) is 4.74 Å². The quantitative estimate of drug-likeness (QED) is 0.759. The number of nitrogens with one attached hydrogen (secondary N) is 1. The Labute approximate surface area is 117 Å². The zero-order valence-corrected chi connectivity index (χ0v) is 12.5. The van der Waals surface area contributed by atoms with Crippen LogP contribution >= 0.6 is 0 Å². The van der Waals surface area contributed by atoms with Gasteiger partial charge in [-0.1, -0.05) is 38.5 Å². The van der Waals surface area contributed by atoms with E-state index in [9.17, 15) is 5.11 Å². The highest BCUT2D eigenvalue weighted by molar-refractivity contribution is 5.26. The van der Waals surface area contributed by atoms with Crippen LogP contribution in [0.1, 0.15) is 32.8 Å². The first-order valence-corrected chi connectivity index (χ1v) is 7.13. The third-order valence-corrected chi connectivity index (χ3v) is 3.32. The van der Waals surface area contributed by atoms with Gasteiger partial charge in [-0.3, -0.25) is 0 Å². The first-order chi connectivity index (χ1) is 9.02. The second-order valence-electron chi connectivity index (χ2n) is 5.44. The van der Waals surface area contributed by atoms with E-state index in [0.717, 1.165) is 12.2 Å². The summed E-state index contributed by atoms with van der Waals surface area (Å²) in [5, 5.41) is 13.3. The Morgan fingerprint density at radius 3 is 2.37 bits per heavy atom. The van der Waals surface area contributed by atoms with Crippen LogP contribution in [0, 0.1) is 12.8 Å². The SMILES string of the molecule is CCC(NCC(O)COc1ccc(C)cc1)C(C)C. The summed E-state index contributed by atoms with van der Waals surface area (Å²) >= 11 is 0. The molecule has 108 valence electrons. The summed E-state index contributed by atoms with van der Waals surface area (Å²) in [4.78, 5) is 0. The molecule has 0 radical (unpaired) electrons. The van der Waals surface area contributed by atoms with Crippen molar-refractivity contribution in [2.45, 2.75) is 46.3 Å². The molecule has 19 heavy (non-hydrogen) atoms. The van der Waals surface area contributed by atoms with E-state index in [1.54, 1.807) is 0 Å². The van der Waals surface area contributed by atoms with Crippen LogP contribution in [0.25, 0.3) is 0 Å². The van der Waals surface area contributed by atoms with Crippen LogP contribution in [0.15, 0.2) is 24.3 Å². The lowest BCUT2D eigenvalue weighted by Crippen LogP contribution is -2.40. The smallest absolute Gasteiger partial charge is 0.119 e. The summed E-state index contributed by atoms with van der Waals surface area (Å²) in [7, 11) is 0. The van der Waals surface area contributed by atoms with Crippen molar-refractivity contribution in [3.8, 4) is 5.75 Å². The third-order valence-electron chi connectivity index (χ3n) is 3.32. The minimum Gasteiger partial charge on any atom is -0.491 e. The van der Waals surface area contributed by atoms with E-state index in [-0.39, 0.29) is 0 Å². The maximum atomic E-state index is 9.90. The third kappa shape index (κ3) is 6.08. The van der Waals surface area contributed by atoms with Gasteiger partial charge in [0.25, 0.3) is 0 Å². The summed E-state index contributed by atoms with van der Waals surface area (Å²) in [6.07, 6.45) is 0.595. The molecule has 0 bridgehead atoms. The first kappa shape index (κ1) is 16.0. The number of aliphatic hydroxyl groups is 1. The van der Waals surface area contributed by atoms with Crippen molar-refractivity contribution in [2.75, 3.05) is 13.2 Å². The molecule has 0 amide bonds. The molecule has 0 saturated heterocycles.